The molecule has 0 atom stereocenters. The van der Waals surface area contributed by atoms with E-state index in [1.807, 2.05) is 25.1 Å². The molecule has 0 saturated heterocycles. The van der Waals surface area contributed by atoms with E-state index in [-0.39, 0.29) is 5.78 Å². The Labute approximate surface area is 101 Å². The number of hydrogen-bond acceptors (Lipinski definition) is 2. The van der Waals surface area contributed by atoms with Crippen molar-refractivity contribution in [1.82, 2.24) is 9.78 Å². The van der Waals surface area contributed by atoms with Crippen LogP contribution in [0.25, 0.3) is 5.69 Å². The van der Waals surface area contributed by atoms with E-state index in [9.17, 15) is 4.79 Å². The Morgan fingerprint density at radius 1 is 1.35 bits per heavy atom. The van der Waals surface area contributed by atoms with Crippen LogP contribution in [0.5, 0.6) is 0 Å². The second-order valence-corrected chi connectivity index (χ2v) is 4.16. The van der Waals surface area contributed by atoms with E-state index in [4.69, 9.17) is 0 Å². The van der Waals surface area contributed by atoms with Gasteiger partial charge in [0.05, 0.1) is 11.4 Å². The van der Waals surface area contributed by atoms with Gasteiger partial charge in [-0.15, -0.1) is 0 Å². The first-order valence-corrected chi connectivity index (χ1v) is 5.78. The maximum atomic E-state index is 11.5. The summed E-state index contributed by atoms with van der Waals surface area (Å²) in [7, 11) is 0. The minimum Gasteiger partial charge on any atom is -0.293 e. The molecule has 2 rings (SSSR count). The van der Waals surface area contributed by atoms with Gasteiger partial charge in [0, 0.05) is 6.92 Å². The average Bonchev–Trinajstić information content (AvgIpc) is 2.72. The first kappa shape index (κ1) is 11.6. The maximum absolute atomic E-state index is 11.5. The van der Waals surface area contributed by atoms with Crippen molar-refractivity contribution >= 4 is 5.78 Å². The number of aryl methyl sites for hydroxylation is 2. The SMILES string of the molecule is CCc1cccc(-n2nc(C)cc2C(C)=O)c1. The third-order valence-electron chi connectivity index (χ3n) is 2.76. The lowest BCUT2D eigenvalue weighted by Crippen LogP contribution is -2.06. The van der Waals surface area contributed by atoms with Gasteiger partial charge in [0.15, 0.2) is 5.78 Å². The van der Waals surface area contributed by atoms with Crippen LogP contribution in [-0.4, -0.2) is 15.6 Å². The van der Waals surface area contributed by atoms with Gasteiger partial charge in [0.25, 0.3) is 0 Å². The van der Waals surface area contributed by atoms with Crippen molar-refractivity contribution in [2.45, 2.75) is 27.2 Å². The van der Waals surface area contributed by atoms with E-state index < -0.39 is 0 Å². The molecule has 0 bridgehead atoms. The van der Waals surface area contributed by atoms with Crippen LogP contribution in [0.15, 0.2) is 30.3 Å². The molecule has 0 spiro atoms. The molecule has 1 aromatic carbocycles. The maximum Gasteiger partial charge on any atom is 0.178 e. The molecule has 88 valence electrons. The van der Waals surface area contributed by atoms with E-state index in [1.165, 1.54) is 5.56 Å². The molecular weight excluding hydrogens is 212 g/mol. The van der Waals surface area contributed by atoms with Crippen LogP contribution in [-0.2, 0) is 6.42 Å². The standard InChI is InChI=1S/C14H16N2O/c1-4-12-6-5-7-13(9-12)16-14(11(3)17)8-10(2)15-16/h5-9H,4H2,1-3H3. The predicted molar refractivity (Wildman–Crippen MR) is 67.7 cm³/mol. The monoisotopic (exact) mass is 228 g/mol. The molecule has 0 unspecified atom stereocenters. The predicted octanol–water partition coefficient (Wildman–Crippen LogP) is 2.95. The summed E-state index contributed by atoms with van der Waals surface area (Å²) in [6.45, 7) is 5.57. The molecule has 17 heavy (non-hydrogen) atoms. The Hall–Kier alpha value is -1.90. The Bertz CT molecular complexity index is 555. The van der Waals surface area contributed by atoms with E-state index >= 15 is 0 Å². The molecule has 3 nitrogen and oxygen atoms in total. The summed E-state index contributed by atoms with van der Waals surface area (Å²) < 4.78 is 1.72. The highest BCUT2D eigenvalue weighted by Gasteiger charge is 2.11. The van der Waals surface area contributed by atoms with Crippen molar-refractivity contribution in [3.8, 4) is 5.69 Å². The summed E-state index contributed by atoms with van der Waals surface area (Å²) in [5.74, 6) is 0.0347. The zero-order chi connectivity index (χ0) is 12.4. The Morgan fingerprint density at radius 3 is 2.76 bits per heavy atom. The summed E-state index contributed by atoms with van der Waals surface area (Å²) >= 11 is 0. The average molecular weight is 228 g/mol. The molecule has 0 radical (unpaired) electrons. The number of benzene rings is 1. The zero-order valence-corrected chi connectivity index (χ0v) is 10.4. The largest absolute Gasteiger partial charge is 0.293 e. The van der Waals surface area contributed by atoms with Crippen molar-refractivity contribution in [1.29, 1.82) is 0 Å². The number of rotatable bonds is 3. The van der Waals surface area contributed by atoms with Crippen molar-refractivity contribution in [2.75, 3.05) is 0 Å². The summed E-state index contributed by atoms with van der Waals surface area (Å²) in [6.07, 6.45) is 0.976. The lowest BCUT2D eigenvalue weighted by Gasteiger charge is -2.06. The van der Waals surface area contributed by atoms with Crippen LogP contribution in [0.1, 0.15) is 35.6 Å². The number of ketones is 1. The number of Topliss-reactive ketones (excluding diaryl/α,β-unsaturated/α-hetero) is 1. The molecule has 0 aliphatic carbocycles. The van der Waals surface area contributed by atoms with Crippen molar-refractivity contribution in [2.24, 2.45) is 0 Å². The molecular formula is C14H16N2O. The van der Waals surface area contributed by atoms with Gasteiger partial charge in [-0.1, -0.05) is 19.1 Å². The number of carbonyl (C=O) groups is 1. The van der Waals surface area contributed by atoms with Gasteiger partial charge >= 0.3 is 0 Å². The smallest absolute Gasteiger partial charge is 0.178 e. The summed E-state index contributed by atoms with van der Waals surface area (Å²) in [6, 6.07) is 9.93. The fourth-order valence-electron chi connectivity index (χ4n) is 1.86. The molecule has 0 aliphatic heterocycles. The van der Waals surface area contributed by atoms with Crippen LogP contribution >= 0.6 is 0 Å². The number of hydrogen-bond donors (Lipinski definition) is 0. The third-order valence-corrected chi connectivity index (χ3v) is 2.76. The molecule has 3 heteroatoms. The van der Waals surface area contributed by atoms with E-state index in [1.54, 1.807) is 11.6 Å². The first-order chi connectivity index (χ1) is 8.11. The molecule has 1 heterocycles. The highest BCUT2D eigenvalue weighted by Crippen LogP contribution is 2.15. The van der Waals surface area contributed by atoms with E-state index in [0.29, 0.717) is 5.69 Å². The molecule has 0 aliphatic rings. The Morgan fingerprint density at radius 2 is 2.12 bits per heavy atom. The summed E-state index contributed by atoms with van der Waals surface area (Å²) in [5.41, 5.74) is 3.68. The highest BCUT2D eigenvalue weighted by atomic mass is 16.1. The van der Waals surface area contributed by atoms with Gasteiger partial charge in [-0.25, -0.2) is 4.68 Å². The summed E-state index contributed by atoms with van der Waals surface area (Å²) in [4.78, 5) is 11.5. The zero-order valence-electron chi connectivity index (χ0n) is 10.4. The van der Waals surface area contributed by atoms with E-state index in [0.717, 1.165) is 17.8 Å². The third kappa shape index (κ3) is 2.28. The van der Waals surface area contributed by atoms with Gasteiger partial charge in [-0.3, -0.25) is 4.79 Å². The fraction of sp³-hybridized carbons (Fsp3) is 0.286. The van der Waals surface area contributed by atoms with Crippen molar-refractivity contribution < 1.29 is 4.79 Å². The molecule has 0 saturated carbocycles. The molecule has 2 aromatic rings. The first-order valence-electron chi connectivity index (χ1n) is 5.78. The highest BCUT2D eigenvalue weighted by molar-refractivity contribution is 5.93. The van der Waals surface area contributed by atoms with Crippen LogP contribution in [0.3, 0.4) is 0 Å². The van der Waals surface area contributed by atoms with Gasteiger partial charge < -0.3 is 0 Å². The fourth-order valence-corrected chi connectivity index (χ4v) is 1.86. The van der Waals surface area contributed by atoms with Crippen molar-refractivity contribution in [3.05, 3.63) is 47.3 Å². The normalized spacial score (nSPS) is 10.5. The Kier molecular flexibility index (Phi) is 3.09. The van der Waals surface area contributed by atoms with E-state index in [2.05, 4.69) is 24.2 Å². The topological polar surface area (TPSA) is 34.9 Å². The van der Waals surface area contributed by atoms with Gasteiger partial charge in [-0.2, -0.15) is 5.10 Å². The van der Waals surface area contributed by atoms with Gasteiger partial charge in [-0.05, 0) is 37.1 Å². The second kappa shape index (κ2) is 4.53. The number of aromatic nitrogens is 2. The van der Waals surface area contributed by atoms with Crippen LogP contribution < -0.4 is 0 Å². The molecule has 0 fully saturated rings. The minimum atomic E-state index is 0.0347. The molecule has 0 N–H and O–H groups in total. The minimum absolute atomic E-state index is 0.0347. The summed E-state index contributed by atoms with van der Waals surface area (Å²) in [5, 5.41) is 4.37. The van der Waals surface area contributed by atoms with Crippen LogP contribution in [0.2, 0.25) is 0 Å². The van der Waals surface area contributed by atoms with Gasteiger partial charge in [0.2, 0.25) is 0 Å². The van der Waals surface area contributed by atoms with Gasteiger partial charge in [0.1, 0.15) is 5.69 Å². The number of carbonyl (C=O) groups excluding carboxylic acids is 1. The Balaban J connectivity index is 2.55. The lowest BCUT2D eigenvalue weighted by molar-refractivity contribution is 0.101. The molecule has 1 aromatic heterocycles. The quantitative estimate of drug-likeness (QED) is 0.757. The molecule has 0 amide bonds. The van der Waals surface area contributed by atoms with Crippen LogP contribution in [0, 0.1) is 6.92 Å². The van der Waals surface area contributed by atoms with Crippen molar-refractivity contribution in [3.63, 3.8) is 0 Å². The van der Waals surface area contributed by atoms with Crippen LogP contribution in [0.4, 0.5) is 0 Å². The lowest BCUT2D eigenvalue weighted by atomic mass is 10.1. The number of nitrogens with zero attached hydrogens (tertiary/aromatic N) is 2. The second-order valence-electron chi connectivity index (χ2n) is 4.16.